The number of hydrogen-bond acceptors (Lipinski definition) is 5. The van der Waals surface area contributed by atoms with Crippen molar-refractivity contribution in [3.05, 3.63) is 58.4 Å². The van der Waals surface area contributed by atoms with Crippen molar-refractivity contribution in [2.75, 3.05) is 24.4 Å². The summed E-state index contributed by atoms with van der Waals surface area (Å²) in [5.74, 6) is -0.237. The molecule has 3 aromatic rings. The molecule has 0 unspecified atom stereocenters. The van der Waals surface area contributed by atoms with Gasteiger partial charge in [-0.1, -0.05) is 18.2 Å². The van der Waals surface area contributed by atoms with Crippen molar-refractivity contribution in [1.29, 1.82) is 0 Å². The molecule has 2 amide bonds. The number of hydrogen-bond donors (Lipinski definition) is 1. The number of carbonyl (C=O) groups excluding carboxylic acids is 2. The van der Waals surface area contributed by atoms with Crippen LogP contribution in [0.5, 0.6) is 5.75 Å². The minimum Gasteiger partial charge on any atom is -0.495 e. The van der Waals surface area contributed by atoms with Crippen molar-refractivity contribution < 1.29 is 14.3 Å². The second-order valence-corrected chi connectivity index (χ2v) is 6.65. The van der Waals surface area contributed by atoms with Crippen LogP contribution in [-0.4, -0.2) is 35.5 Å². The van der Waals surface area contributed by atoms with Gasteiger partial charge in [-0.15, -0.1) is 0 Å². The zero-order valence-corrected chi connectivity index (χ0v) is 16.7. The van der Waals surface area contributed by atoms with Crippen LogP contribution in [0.2, 0.25) is 0 Å². The topological polar surface area (TPSA) is 93.5 Å². The molecule has 8 nitrogen and oxygen atoms in total. The maximum atomic E-state index is 13.0. The van der Waals surface area contributed by atoms with Gasteiger partial charge in [-0.2, -0.15) is 0 Å². The van der Waals surface area contributed by atoms with E-state index in [2.05, 4.69) is 10.3 Å². The zero-order chi connectivity index (χ0) is 21.1. The molecule has 0 aliphatic carbocycles. The third kappa shape index (κ3) is 4.11. The van der Waals surface area contributed by atoms with E-state index >= 15 is 0 Å². The Bertz CT molecular complexity index is 1150. The van der Waals surface area contributed by atoms with Crippen molar-refractivity contribution >= 4 is 34.4 Å². The molecular formula is C21H22N4O4. The average molecular weight is 394 g/mol. The molecule has 29 heavy (non-hydrogen) atoms. The Labute approximate surface area is 167 Å². The monoisotopic (exact) mass is 394 g/mol. The molecule has 0 radical (unpaired) electrons. The first-order chi connectivity index (χ1) is 13.8. The highest BCUT2D eigenvalue weighted by Gasteiger charge is 2.19. The molecule has 1 N–H and O–H groups in total. The second kappa shape index (κ2) is 8.14. The van der Waals surface area contributed by atoms with Crippen LogP contribution in [0, 0.1) is 6.92 Å². The van der Waals surface area contributed by atoms with Gasteiger partial charge in [0.05, 0.1) is 23.8 Å². The Balaban J connectivity index is 2.02. The number of amides is 2. The molecule has 0 aliphatic rings. The number of ether oxygens (including phenoxy) is 1. The summed E-state index contributed by atoms with van der Waals surface area (Å²) in [7, 11) is 2.99. The van der Waals surface area contributed by atoms with E-state index in [9.17, 15) is 14.4 Å². The summed E-state index contributed by atoms with van der Waals surface area (Å²) >= 11 is 0. The number of nitrogens with one attached hydrogen (secondary N) is 1. The average Bonchev–Trinajstić information content (AvgIpc) is 2.69. The number of methoxy groups -OCH3 is 1. The molecule has 0 saturated heterocycles. The van der Waals surface area contributed by atoms with Gasteiger partial charge < -0.3 is 10.1 Å². The number of para-hydroxylation sites is 2. The zero-order valence-electron chi connectivity index (χ0n) is 16.7. The third-order valence-corrected chi connectivity index (χ3v) is 4.56. The molecule has 150 valence electrons. The first-order valence-corrected chi connectivity index (χ1v) is 9.00. The van der Waals surface area contributed by atoms with E-state index in [4.69, 9.17) is 4.74 Å². The van der Waals surface area contributed by atoms with Crippen LogP contribution in [0.4, 0.5) is 11.5 Å². The first kappa shape index (κ1) is 20.1. The lowest BCUT2D eigenvalue weighted by Crippen LogP contribution is -2.36. The normalized spacial score (nSPS) is 10.6. The summed E-state index contributed by atoms with van der Waals surface area (Å²) in [6, 6.07) is 12.4. The molecule has 2 aromatic carbocycles. The van der Waals surface area contributed by atoms with Gasteiger partial charge in [0.1, 0.15) is 12.3 Å². The Kier molecular flexibility index (Phi) is 5.63. The van der Waals surface area contributed by atoms with E-state index in [0.717, 1.165) is 5.56 Å². The van der Waals surface area contributed by atoms with E-state index in [1.54, 1.807) is 36.4 Å². The Hall–Kier alpha value is -3.68. The van der Waals surface area contributed by atoms with Crippen LogP contribution in [0.1, 0.15) is 12.5 Å². The fraction of sp³-hybridized carbons (Fsp3) is 0.238. The fourth-order valence-corrected chi connectivity index (χ4v) is 2.96. The number of nitrogens with zero attached hydrogens (tertiary/aromatic N) is 3. The van der Waals surface area contributed by atoms with E-state index in [-0.39, 0.29) is 18.3 Å². The molecule has 8 heteroatoms. The van der Waals surface area contributed by atoms with Crippen molar-refractivity contribution in [3.63, 3.8) is 0 Å². The largest absolute Gasteiger partial charge is 0.495 e. The van der Waals surface area contributed by atoms with Crippen LogP contribution in [0.15, 0.2) is 47.3 Å². The lowest BCUT2D eigenvalue weighted by atomic mass is 10.2. The number of benzene rings is 2. The quantitative estimate of drug-likeness (QED) is 0.717. The van der Waals surface area contributed by atoms with Crippen molar-refractivity contribution in [1.82, 2.24) is 9.55 Å². The summed E-state index contributed by atoms with van der Waals surface area (Å²) < 4.78 is 6.60. The number of anilines is 2. The smallest absolute Gasteiger partial charge is 0.294 e. The summed E-state index contributed by atoms with van der Waals surface area (Å²) in [5, 5.41) is 2.79. The molecule has 3 rings (SSSR count). The van der Waals surface area contributed by atoms with Crippen LogP contribution in [-0.2, 0) is 16.1 Å². The lowest BCUT2D eigenvalue weighted by molar-refractivity contribution is -0.117. The highest BCUT2D eigenvalue weighted by Crippen LogP contribution is 2.25. The van der Waals surface area contributed by atoms with Gasteiger partial charge in [0.2, 0.25) is 17.6 Å². The predicted molar refractivity (Wildman–Crippen MR) is 111 cm³/mol. The second-order valence-electron chi connectivity index (χ2n) is 6.65. The van der Waals surface area contributed by atoms with E-state index in [1.807, 2.05) is 13.0 Å². The maximum Gasteiger partial charge on any atom is 0.294 e. The fourth-order valence-electron chi connectivity index (χ4n) is 2.96. The molecule has 0 atom stereocenters. The summed E-state index contributed by atoms with van der Waals surface area (Å²) in [6.45, 7) is 3.01. The van der Waals surface area contributed by atoms with Gasteiger partial charge in [0.15, 0.2) is 0 Å². The molecule has 0 saturated carbocycles. The lowest BCUT2D eigenvalue weighted by Gasteiger charge is -2.17. The molecule has 0 fully saturated rings. The molecule has 1 aromatic heterocycles. The summed E-state index contributed by atoms with van der Waals surface area (Å²) in [5.41, 5.74) is 1.97. The molecular weight excluding hydrogens is 372 g/mol. The Morgan fingerprint density at radius 2 is 1.93 bits per heavy atom. The molecule has 0 spiro atoms. The summed E-state index contributed by atoms with van der Waals surface area (Å²) in [6.07, 6.45) is 0. The standard InChI is InChI=1S/C21H22N4O4/c1-13-9-10-18(29-4)16(11-13)22-19(27)12-25-17-8-6-5-7-15(17)23-20(21(25)28)24(3)14(2)26/h5-11H,12H2,1-4H3,(H,22,27). The molecule has 0 aliphatic heterocycles. The van der Waals surface area contributed by atoms with E-state index < -0.39 is 11.5 Å². The maximum absolute atomic E-state index is 13.0. The minimum absolute atomic E-state index is 0.0304. The SMILES string of the molecule is COc1ccc(C)cc1NC(=O)Cn1c(=O)c(N(C)C(C)=O)nc2ccccc21. The number of aryl methyl sites for hydroxylation is 1. The van der Waals surface area contributed by atoms with Gasteiger partial charge in [-0.3, -0.25) is 23.9 Å². The van der Waals surface area contributed by atoms with Crippen LogP contribution in [0.25, 0.3) is 11.0 Å². The van der Waals surface area contributed by atoms with Crippen molar-refractivity contribution in [3.8, 4) is 5.75 Å². The number of carbonyl (C=O) groups is 2. The Morgan fingerprint density at radius 3 is 2.62 bits per heavy atom. The number of aromatic nitrogens is 2. The summed E-state index contributed by atoms with van der Waals surface area (Å²) in [4.78, 5) is 43.0. The number of fused-ring (bicyclic) bond motifs is 1. The van der Waals surface area contributed by atoms with Crippen molar-refractivity contribution in [2.24, 2.45) is 0 Å². The Morgan fingerprint density at radius 1 is 1.21 bits per heavy atom. The van der Waals surface area contributed by atoms with Crippen molar-refractivity contribution in [2.45, 2.75) is 20.4 Å². The molecule has 0 bridgehead atoms. The number of rotatable bonds is 5. The minimum atomic E-state index is -0.521. The third-order valence-electron chi connectivity index (χ3n) is 4.56. The van der Waals surface area contributed by atoms with Gasteiger partial charge in [0, 0.05) is 14.0 Å². The van der Waals surface area contributed by atoms with Gasteiger partial charge in [-0.05, 0) is 36.8 Å². The van der Waals surface area contributed by atoms with Gasteiger partial charge >= 0.3 is 0 Å². The highest BCUT2D eigenvalue weighted by molar-refractivity contribution is 5.94. The van der Waals surface area contributed by atoms with Gasteiger partial charge in [0.25, 0.3) is 5.56 Å². The van der Waals surface area contributed by atoms with Crippen LogP contribution in [0.3, 0.4) is 0 Å². The predicted octanol–water partition coefficient (Wildman–Crippen LogP) is 2.33. The first-order valence-electron chi connectivity index (χ1n) is 9.00. The van der Waals surface area contributed by atoms with E-state index in [1.165, 1.54) is 30.5 Å². The van der Waals surface area contributed by atoms with E-state index in [0.29, 0.717) is 22.5 Å². The highest BCUT2D eigenvalue weighted by atomic mass is 16.5. The van der Waals surface area contributed by atoms with Crippen LogP contribution >= 0.6 is 0 Å². The molecule has 1 heterocycles. The van der Waals surface area contributed by atoms with Crippen LogP contribution < -0.4 is 20.5 Å². The van der Waals surface area contributed by atoms with Gasteiger partial charge in [-0.25, -0.2) is 4.98 Å².